The van der Waals surface area contributed by atoms with E-state index in [1.165, 1.54) is 31.5 Å². The molecule has 4 aromatic carbocycles. The Kier molecular flexibility index (Phi) is 12.1. The first-order valence-electron chi connectivity index (χ1n) is 13.2. The van der Waals surface area contributed by atoms with Gasteiger partial charge in [-0.2, -0.15) is 0 Å². The van der Waals surface area contributed by atoms with Crippen molar-refractivity contribution in [3.8, 4) is 0 Å². The van der Waals surface area contributed by atoms with Crippen LogP contribution in [-0.2, 0) is 15.9 Å². The molecule has 0 saturated carbocycles. The number of halogens is 1. The first-order chi connectivity index (χ1) is 20.3. The number of hydrogen-bond donors (Lipinski definition) is 3. The average Bonchev–Trinajstić information content (AvgIpc) is 3.05. The molecule has 1 unspecified atom stereocenters. The molecule has 0 fully saturated rings. The number of esters is 2. The summed E-state index contributed by atoms with van der Waals surface area (Å²) in [5, 5.41) is 3.79. The van der Waals surface area contributed by atoms with Crippen molar-refractivity contribution in [3.05, 3.63) is 125 Å². The molecule has 0 amide bonds. The van der Waals surface area contributed by atoms with E-state index >= 15 is 0 Å². The third-order valence-corrected chi connectivity index (χ3v) is 6.99. The maximum atomic E-state index is 11.6. The van der Waals surface area contributed by atoms with Crippen LogP contribution in [0, 0.1) is 0 Å². The summed E-state index contributed by atoms with van der Waals surface area (Å²) >= 11 is 3.06. The van der Waals surface area contributed by atoms with Crippen molar-refractivity contribution in [2.45, 2.75) is 18.9 Å². The van der Waals surface area contributed by atoms with Gasteiger partial charge in [0.2, 0.25) is 0 Å². The smallest absolute Gasteiger partial charge is 0.337 e. The van der Waals surface area contributed by atoms with E-state index in [0.717, 1.165) is 18.4 Å². The number of fused-ring (bicyclic) bond motifs is 1. The summed E-state index contributed by atoms with van der Waals surface area (Å²) < 4.78 is 9.32. The molecule has 0 aliphatic carbocycles. The monoisotopic (exact) mass is 631 g/mol. The second kappa shape index (κ2) is 16.0. The molecule has 0 saturated heterocycles. The fraction of sp³-hybridized carbons (Fsp3) is 0.182. The van der Waals surface area contributed by atoms with E-state index in [4.69, 9.17) is 16.2 Å². The topological polar surface area (TPSA) is 134 Å². The largest absolute Gasteiger partial charge is 0.465 e. The van der Waals surface area contributed by atoms with E-state index in [2.05, 4.69) is 50.2 Å². The number of para-hydroxylation sites is 3. The van der Waals surface area contributed by atoms with E-state index in [1.807, 2.05) is 30.3 Å². The molecule has 5 rings (SSSR count). The van der Waals surface area contributed by atoms with Gasteiger partial charge in [-0.25, -0.2) is 9.59 Å². The maximum Gasteiger partial charge on any atom is 0.337 e. The van der Waals surface area contributed by atoms with E-state index in [9.17, 15) is 14.4 Å². The molecule has 9 heteroatoms. The minimum Gasteiger partial charge on any atom is -0.465 e. The third kappa shape index (κ3) is 8.94. The van der Waals surface area contributed by atoms with Crippen molar-refractivity contribution in [3.63, 3.8) is 0 Å². The van der Waals surface area contributed by atoms with Gasteiger partial charge in [0.15, 0.2) is 5.78 Å². The lowest BCUT2D eigenvalue weighted by atomic mass is 9.93. The Balaban J connectivity index is 0.000000191. The first kappa shape index (κ1) is 31.9. The number of aryl methyl sites for hydroxylation is 1. The molecule has 1 heterocycles. The van der Waals surface area contributed by atoms with Crippen LogP contribution in [0.5, 0.6) is 0 Å². The Labute approximate surface area is 254 Å². The van der Waals surface area contributed by atoms with Crippen LogP contribution < -0.4 is 16.8 Å². The van der Waals surface area contributed by atoms with Gasteiger partial charge < -0.3 is 26.3 Å². The highest BCUT2D eigenvalue weighted by Crippen LogP contribution is 2.32. The number of methoxy groups -OCH3 is 2. The summed E-state index contributed by atoms with van der Waals surface area (Å²) in [6.45, 7) is 0. The SMILES string of the molecule is COC(=O)c1cccc(C(=O)CBr)c1.COC(=O)c1cccc(C2CCc3ccccc3N2)c1.Nc1ccccc1N. The number of rotatable bonds is 5. The predicted molar refractivity (Wildman–Crippen MR) is 170 cm³/mol. The Bertz CT molecular complexity index is 1470. The number of carbonyl (C=O) groups is 3. The standard InChI is InChI=1S/C17H17NO2.C10H9BrO3.C6H8N2/c1-20-17(19)14-7-4-6-13(11-14)16-10-9-12-5-2-3-8-15(12)18-16;1-14-10(13)8-4-2-3-7(5-8)9(12)6-11;7-5-3-1-2-4-6(5)8/h2-8,11,16,18H,9-10H2,1H3;2-5H,6H2,1H3;1-4H,7-8H2. The van der Waals surface area contributed by atoms with Crippen molar-refractivity contribution in [2.24, 2.45) is 0 Å². The number of benzene rings is 4. The summed E-state index contributed by atoms with van der Waals surface area (Å²) in [6, 6.07) is 30.0. The Hall–Kier alpha value is -4.63. The molecule has 42 heavy (non-hydrogen) atoms. The molecule has 0 aromatic heterocycles. The van der Waals surface area contributed by atoms with Gasteiger partial charge in [-0.15, -0.1) is 0 Å². The van der Waals surface area contributed by atoms with E-state index in [0.29, 0.717) is 28.1 Å². The lowest BCUT2D eigenvalue weighted by Crippen LogP contribution is -2.18. The molecule has 1 atom stereocenters. The first-order valence-corrected chi connectivity index (χ1v) is 14.3. The zero-order valence-corrected chi connectivity index (χ0v) is 25.1. The highest BCUT2D eigenvalue weighted by Gasteiger charge is 2.19. The zero-order valence-electron chi connectivity index (χ0n) is 23.5. The van der Waals surface area contributed by atoms with Gasteiger partial charge in [0.05, 0.1) is 48.1 Å². The summed E-state index contributed by atoms with van der Waals surface area (Å²) in [5.41, 5.74) is 17.2. The summed E-state index contributed by atoms with van der Waals surface area (Å²) in [7, 11) is 2.71. The van der Waals surface area contributed by atoms with Crippen LogP contribution in [-0.4, -0.2) is 37.3 Å². The number of anilines is 3. The van der Waals surface area contributed by atoms with Gasteiger partial charge >= 0.3 is 11.9 Å². The van der Waals surface area contributed by atoms with Crippen LogP contribution in [0.1, 0.15) is 54.7 Å². The minimum atomic E-state index is -0.436. The molecular weight excluding hydrogens is 598 g/mol. The fourth-order valence-electron chi connectivity index (χ4n) is 4.21. The van der Waals surface area contributed by atoms with Crippen molar-refractivity contribution in [2.75, 3.05) is 36.3 Å². The van der Waals surface area contributed by atoms with Gasteiger partial charge in [0.25, 0.3) is 0 Å². The maximum absolute atomic E-state index is 11.6. The number of alkyl halides is 1. The highest BCUT2D eigenvalue weighted by molar-refractivity contribution is 9.09. The summed E-state index contributed by atoms with van der Waals surface area (Å²) in [5.74, 6) is -0.784. The molecule has 218 valence electrons. The summed E-state index contributed by atoms with van der Waals surface area (Å²) in [6.07, 6.45) is 2.08. The molecule has 5 N–H and O–H groups in total. The van der Waals surface area contributed by atoms with Gasteiger partial charge in [-0.3, -0.25) is 4.79 Å². The summed E-state index contributed by atoms with van der Waals surface area (Å²) in [4.78, 5) is 34.0. The molecule has 0 radical (unpaired) electrons. The second-order valence-electron chi connectivity index (χ2n) is 9.27. The third-order valence-electron chi connectivity index (χ3n) is 6.48. The number of ether oxygens (including phenoxy) is 2. The van der Waals surface area contributed by atoms with Gasteiger partial charge in [-0.05, 0) is 66.4 Å². The van der Waals surface area contributed by atoms with Crippen molar-refractivity contribution < 1.29 is 23.9 Å². The molecule has 1 aliphatic heterocycles. The van der Waals surface area contributed by atoms with Gasteiger partial charge in [0, 0.05) is 11.3 Å². The highest BCUT2D eigenvalue weighted by atomic mass is 79.9. The van der Waals surface area contributed by atoms with Crippen LogP contribution in [0.25, 0.3) is 0 Å². The second-order valence-corrected chi connectivity index (χ2v) is 9.83. The van der Waals surface area contributed by atoms with Gasteiger partial charge in [0.1, 0.15) is 0 Å². The quantitative estimate of drug-likeness (QED) is 0.0987. The number of carbonyl (C=O) groups excluding carboxylic acids is 3. The molecule has 1 aliphatic rings. The molecular formula is C33H34BrN3O5. The van der Waals surface area contributed by atoms with Crippen LogP contribution in [0.3, 0.4) is 0 Å². The van der Waals surface area contributed by atoms with Gasteiger partial charge in [-0.1, -0.05) is 70.5 Å². The number of nitrogens with two attached hydrogens (primary N) is 2. The van der Waals surface area contributed by atoms with E-state index in [-0.39, 0.29) is 23.1 Å². The number of ketones is 1. The van der Waals surface area contributed by atoms with Crippen LogP contribution in [0.4, 0.5) is 17.1 Å². The molecule has 0 bridgehead atoms. The predicted octanol–water partition coefficient (Wildman–Crippen LogP) is 6.47. The van der Waals surface area contributed by atoms with Crippen molar-refractivity contribution in [1.29, 1.82) is 0 Å². The number of Topliss-reactive ketones (excluding diaryl/α,β-unsaturated/α-hetero) is 1. The number of nitrogen functional groups attached to an aromatic ring is 2. The lowest BCUT2D eigenvalue weighted by molar-refractivity contribution is 0.0591. The fourth-order valence-corrected chi connectivity index (χ4v) is 4.54. The van der Waals surface area contributed by atoms with E-state index in [1.54, 1.807) is 36.4 Å². The Morgan fingerprint density at radius 2 is 1.31 bits per heavy atom. The molecule has 8 nitrogen and oxygen atoms in total. The average molecular weight is 633 g/mol. The Morgan fingerprint density at radius 3 is 1.90 bits per heavy atom. The minimum absolute atomic E-state index is 0.0595. The van der Waals surface area contributed by atoms with Crippen LogP contribution >= 0.6 is 15.9 Å². The molecule has 0 spiro atoms. The number of nitrogens with one attached hydrogen (secondary N) is 1. The lowest BCUT2D eigenvalue weighted by Gasteiger charge is -2.27. The normalized spacial score (nSPS) is 13.0. The number of hydrogen-bond acceptors (Lipinski definition) is 8. The van der Waals surface area contributed by atoms with Crippen molar-refractivity contribution >= 4 is 50.7 Å². The van der Waals surface area contributed by atoms with Crippen molar-refractivity contribution in [1.82, 2.24) is 0 Å². The zero-order chi connectivity index (χ0) is 30.5. The molecule has 4 aromatic rings. The van der Waals surface area contributed by atoms with Crippen LogP contribution in [0.15, 0.2) is 97.1 Å². The Morgan fingerprint density at radius 1 is 0.762 bits per heavy atom. The van der Waals surface area contributed by atoms with E-state index < -0.39 is 5.97 Å². The van der Waals surface area contributed by atoms with Crippen LogP contribution in [0.2, 0.25) is 0 Å².